The first kappa shape index (κ1) is 15.7. The van der Waals surface area contributed by atoms with Gasteiger partial charge in [0.1, 0.15) is 0 Å². The third-order valence-electron chi connectivity index (χ3n) is 3.23. The van der Waals surface area contributed by atoms with Gasteiger partial charge in [-0.25, -0.2) is 13.6 Å². The van der Waals surface area contributed by atoms with E-state index in [-0.39, 0.29) is 17.0 Å². The van der Waals surface area contributed by atoms with E-state index in [0.29, 0.717) is 17.8 Å². The van der Waals surface area contributed by atoms with Crippen LogP contribution in [0.15, 0.2) is 23.1 Å². The molecule has 0 bridgehead atoms. The van der Waals surface area contributed by atoms with Gasteiger partial charge in [0.05, 0.1) is 16.3 Å². The molecule has 1 aromatic carbocycles. The summed E-state index contributed by atoms with van der Waals surface area (Å²) in [5.41, 5.74) is 6.41. The van der Waals surface area contributed by atoms with Crippen LogP contribution < -0.4 is 16.2 Å². The van der Waals surface area contributed by atoms with Crippen LogP contribution in [0.25, 0.3) is 0 Å². The lowest BCUT2D eigenvalue weighted by Crippen LogP contribution is -2.35. The summed E-state index contributed by atoms with van der Waals surface area (Å²) in [4.78, 5) is 0.00616. The van der Waals surface area contributed by atoms with Crippen LogP contribution in [0.2, 0.25) is 0 Å². The predicted molar refractivity (Wildman–Crippen MR) is 76.2 cm³/mol. The molecule has 0 aliphatic carbocycles. The normalized spacial score (nSPS) is 14.9. The van der Waals surface area contributed by atoms with E-state index in [4.69, 9.17) is 16.0 Å². The average Bonchev–Trinajstić information content (AvgIpc) is 2.31. The number of sulfonamides is 1. The summed E-state index contributed by atoms with van der Waals surface area (Å²) < 4.78 is 22.7. The topological polar surface area (TPSA) is 118 Å². The highest BCUT2D eigenvalue weighted by Crippen LogP contribution is 2.28. The van der Waals surface area contributed by atoms with E-state index in [2.05, 4.69) is 5.32 Å². The number of nitrogens with one attached hydrogen (secondary N) is 1. The highest BCUT2D eigenvalue weighted by molar-refractivity contribution is 7.89. The molecule has 1 rings (SSSR count). The van der Waals surface area contributed by atoms with Gasteiger partial charge >= 0.3 is 0 Å². The van der Waals surface area contributed by atoms with Gasteiger partial charge in [0.15, 0.2) is 0 Å². The SMILES string of the molecule is CCC(C)(CCO)Nc1cc(S(N)(=O)=O)ccc1N. The van der Waals surface area contributed by atoms with Crippen molar-refractivity contribution in [2.75, 3.05) is 17.7 Å². The van der Waals surface area contributed by atoms with Crippen molar-refractivity contribution in [3.05, 3.63) is 18.2 Å². The molecule has 7 heteroatoms. The Morgan fingerprint density at radius 3 is 2.53 bits per heavy atom. The fraction of sp³-hybridized carbons (Fsp3) is 0.500. The third-order valence-corrected chi connectivity index (χ3v) is 4.14. The van der Waals surface area contributed by atoms with Gasteiger partial charge in [0, 0.05) is 12.1 Å². The van der Waals surface area contributed by atoms with Crippen LogP contribution in [0.1, 0.15) is 26.7 Å². The van der Waals surface area contributed by atoms with Crippen LogP contribution in [0.5, 0.6) is 0 Å². The Kier molecular flexibility index (Phi) is 4.78. The molecular formula is C12H21N3O3S. The van der Waals surface area contributed by atoms with E-state index >= 15 is 0 Å². The Morgan fingerprint density at radius 2 is 2.05 bits per heavy atom. The van der Waals surface area contributed by atoms with Crippen LogP contribution in [0.4, 0.5) is 11.4 Å². The number of aliphatic hydroxyl groups is 1. The standard InChI is InChI=1S/C12H21N3O3S/c1-3-12(2,6-7-16)15-11-8-9(19(14,17)18)4-5-10(11)13/h4-5,8,15-16H,3,6-7,13H2,1-2H3,(H2,14,17,18). The second-order valence-electron chi connectivity index (χ2n) is 4.81. The first-order valence-electron chi connectivity index (χ1n) is 6.03. The molecule has 108 valence electrons. The number of hydrogen-bond acceptors (Lipinski definition) is 5. The number of rotatable bonds is 6. The molecule has 0 radical (unpaired) electrons. The number of hydrogen-bond donors (Lipinski definition) is 4. The van der Waals surface area contributed by atoms with E-state index in [1.165, 1.54) is 18.2 Å². The van der Waals surface area contributed by atoms with E-state index in [1.54, 1.807) is 0 Å². The van der Waals surface area contributed by atoms with Crippen molar-refractivity contribution in [3.63, 3.8) is 0 Å². The molecule has 6 nitrogen and oxygen atoms in total. The number of primary sulfonamides is 1. The lowest BCUT2D eigenvalue weighted by Gasteiger charge is -2.31. The number of aliphatic hydroxyl groups excluding tert-OH is 1. The van der Waals surface area contributed by atoms with Gasteiger partial charge in [0.2, 0.25) is 10.0 Å². The van der Waals surface area contributed by atoms with Gasteiger partial charge in [-0.3, -0.25) is 0 Å². The van der Waals surface area contributed by atoms with E-state index in [9.17, 15) is 8.42 Å². The van der Waals surface area contributed by atoms with Crippen LogP contribution in [-0.2, 0) is 10.0 Å². The molecule has 19 heavy (non-hydrogen) atoms. The summed E-state index contributed by atoms with van der Waals surface area (Å²) in [6, 6.07) is 4.28. The van der Waals surface area contributed by atoms with Gasteiger partial charge in [-0.1, -0.05) is 6.92 Å². The van der Waals surface area contributed by atoms with Crippen molar-refractivity contribution >= 4 is 21.4 Å². The second-order valence-corrected chi connectivity index (χ2v) is 6.37. The maximum atomic E-state index is 11.3. The largest absolute Gasteiger partial charge is 0.397 e. The highest BCUT2D eigenvalue weighted by Gasteiger charge is 2.22. The van der Waals surface area contributed by atoms with Gasteiger partial charge in [-0.15, -0.1) is 0 Å². The van der Waals surface area contributed by atoms with Crippen molar-refractivity contribution < 1.29 is 13.5 Å². The maximum Gasteiger partial charge on any atom is 0.238 e. The van der Waals surface area contributed by atoms with E-state index in [0.717, 1.165) is 6.42 Å². The molecule has 0 spiro atoms. The summed E-state index contributed by atoms with van der Waals surface area (Å²) >= 11 is 0. The first-order chi connectivity index (χ1) is 8.72. The zero-order valence-electron chi connectivity index (χ0n) is 11.2. The summed E-state index contributed by atoms with van der Waals surface area (Å²) in [5.74, 6) is 0. The minimum absolute atomic E-state index is 0.00616. The molecule has 0 aliphatic heterocycles. The van der Waals surface area contributed by atoms with Gasteiger partial charge in [-0.05, 0) is 38.0 Å². The maximum absolute atomic E-state index is 11.3. The van der Waals surface area contributed by atoms with Gasteiger partial charge < -0.3 is 16.2 Å². The number of nitrogen functional groups attached to an aromatic ring is 1. The molecule has 1 aromatic rings. The number of anilines is 2. The summed E-state index contributed by atoms with van der Waals surface area (Å²) in [6.45, 7) is 3.95. The van der Waals surface area contributed by atoms with Crippen molar-refractivity contribution in [2.45, 2.75) is 37.1 Å². The smallest absolute Gasteiger partial charge is 0.238 e. The second kappa shape index (κ2) is 5.77. The van der Waals surface area contributed by atoms with Crippen molar-refractivity contribution in [2.24, 2.45) is 5.14 Å². The van der Waals surface area contributed by atoms with Crippen LogP contribution in [-0.4, -0.2) is 25.7 Å². The Morgan fingerprint density at radius 1 is 1.42 bits per heavy atom. The third kappa shape index (κ3) is 4.09. The zero-order chi connectivity index (χ0) is 14.7. The fourth-order valence-electron chi connectivity index (χ4n) is 1.72. The molecule has 6 N–H and O–H groups in total. The molecule has 1 unspecified atom stereocenters. The van der Waals surface area contributed by atoms with Gasteiger partial charge in [0.25, 0.3) is 0 Å². The van der Waals surface area contributed by atoms with Crippen molar-refractivity contribution in [1.82, 2.24) is 0 Å². The Hall–Kier alpha value is -1.31. The Bertz CT molecular complexity index is 545. The highest BCUT2D eigenvalue weighted by atomic mass is 32.2. The Labute approximate surface area is 113 Å². The zero-order valence-corrected chi connectivity index (χ0v) is 12.0. The number of benzene rings is 1. The van der Waals surface area contributed by atoms with E-state index < -0.39 is 10.0 Å². The number of nitrogens with two attached hydrogens (primary N) is 2. The lowest BCUT2D eigenvalue weighted by molar-refractivity contribution is 0.252. The van der Waals surface area contributed by atoms with Gasteiger partial charge in [-0.2, -0.15) is 0 Å². The van der Waals surface area contributed by atoms with Crippen LogP contribution >= 0.6 is 0 Å². The van der Waals surface area contributed by atoms with E-state index in [1.807, 2.05) is 13.8 Å². The minimum atomic E-state index is -3.76. The summed E-state index contributed by atoms with van der Waals surface area (Å²) in [5, 5.41) is 17.4. The van der Waals surface area contributed by atoms with Crippen molar-refractivity contribution in [1.29, 1.82) is 0 Å². The average molecular weight is 287 g/mol. The molecule has 0 aliphatic rings. The predicted octanol–water partition coefficient (Wildman–Crippen LogP) is 0.879. The van der Waals surface area contributed by atoms with Crippen LogP contribution in [0, 0.1) is 0 Å². The molecular weight excluding hydrogens is 266 g/mol. The quantitative estimate of drug-likeness (QED) is 0.579. The molecule has 0 heterocycles. The lowest BCUT2D eigenvalue weighted by atomic mass is 9.94. The minimum Gasteiger partial charge on any atom is -0.397 e. The first-order valence-corrected chi connectivity index (χ1v) is 7.58. The molecule has 1 atom stereocenters. The Balaban J connectivity index is 3.13. The monoisotopic (exact) mass is 287 g/mol. The summed E-state index contributed by atoms with van der Waals surface area (Å²) in [6.07, 6.45) is 1.29. The molecule has 0 fully saturated rings. The summed E-state index contributed by atoms with van der Waals surface area (Å²) in [7, 11) is -3.76. The molecule has 0 saturated heterocycles. The molecule has 0 amide bonds. The molecule has 0 saturated carbocycles. The van der Waals surface area contributed by atoms with Crippen LogP contribution in [0.3, 0.4) is 0 Å². The molecule has 0 aromatic heterocycles. The van der Waals surface area contributed by atoms with Crippen molar-refractivity contribution in [3.8, 4) is 0 Å². The fourth-order valence-corrected chi connectivity index (χ4v) is 2.26.